The molecular formula is C19H21N3O4S. The van der Waals surface area contributed by atoms with Gasteiger partial charge in [0.25, 0.3) is 0 Å². The summed E-state index contributed by atoms with van der Waals surface area (Å²) in [6, 6.07) is 12.4. The average Bonchev–Trinajstić information content (AvgIpc) is 2.58. The van der Waals surface area contributed by atoms with Crippen LogP contribution in [0, 0.1) is 13.8 Å². The Morgan fingerprint density at radius 3 is 2.37 bits per heavy atom. The molecule has 8 heteroatoms. The fraction of sp³-hybridized carbons (Fsp3) is 0.263. The summed E-state index contributed by atoms with van der Waals surface area (Å²) in [6.45, 7) is 3.07. The molecule has 1 aliphatic heterocycles. The molecule has 0 atom stereocenters. The molecule has 0 aromatic heterocycles. The predicted molar refractivity (Wildman–Crippen MR) is 106 cm³/mol. The Morgan fingerprint density at radius 1 is 1.11 bits per heavy atom. The van der Waals surface area contributed by atoms with Crippen molar-refractivity contribution in [2.45, 2.75) is 13.8 Å². The van der Waals surface area contributed by atoms with E-state index < -0.39 is 15.9 Å². The second kappa shape index (κ2) is 7.03. The third kappa shape index (κ3) is 3.80. The first-order valence-corrected chi connectivity index (χ1v) is 10.3. The lowest BCUT2D eigenvalue weighted by atomic mass is 10.1. The predicted octanol–water partition coefficient (Wildman–Crippen LogP) is 2.05. The summed E-state index contributed by atoms with van der Waals surface area (Å²) in [7, 11) is -3.70. The van der Waals surface area contributed by atoms with Crippen LogP contribution < -0.4 is 14.5 Å². The van der Waals surface area contributed by atoms with Crippen LogP contribution in [0.5, 0.6) is 0 Å². The molecule has 0 aliphatic carbocycles. The van der Waals surface area contributed by atoms with Gasteiger partial charge in [0.05, 0.1) is 23.3 Å². The van der Waals surface area contributed by atoms with E-state index in [1.54, 1.807) is 50.2 Å². The van der Waals surface area contributed by atoms with Crippen LogP contribution in [0.3, 0.4) is 0 Å². The monoisotopic (exact) mass is 387 g/mol. The number of para-hydroxylation sites is 3. The lowest BCUT2D eigenvalue weighted by Gasteiger charge is -2.32. The Labute approximate surface area is 158 Å². The number of amides is 2. The maximum absolute atomic E-state index is 13.0. The maximum Gasteiger partial charge on any atom is 0.248 e. The normalized spacial score (nSPS) is 13.7. The van der Waals surface area contributed by atoms with Crippen LogP contribution in [0.25, 0.3) is 0 Å². The minimum atomic E-state index is -3.70. The Morgan fingerprint density at radius 2 is 1.74 bits per heavy atom. The smallest absolute Gasteiger partial charge is 0.248 e. The molecule has 2 aromatic rings. The van der Waals surface area contributed by atoms with Gasteiger partial charge >= 0.3 is 0 Å². The number of nitrogens with zero attached hydrogens (tertiary/aromatic N) is 2. The van der Waals surface area contributed by atoms with E-state index in [9.17, 15) is 18.0 Å². The lowest BCUT2D eigenvalue weighted by molar-refractivity contribution is -0.121. The van der Waals surface area contributed by atoms with Crippen molar-refractivity contribution in [1.82, 2.24) is 0 Å². The minimum absolute atomic E-state index is 0.153. The van der Waals surface area contributed by atoms with Crippen LogP contribution in [0.4, 0.5) is 17.1 Å². The van der Waals surface area contributed by atoms with Gasteiger partial charge in [0.1, 0.15) is 13.1 Å². The number of rotatable bonds is 4. The third-order valence-electron chi connectivity index (χ3n) is 4.44. The first-order valence-electron chi connectivity index (χ1n) is 8.41. The van der Waals surface area contributed by atoms with Crippen molar-refractivity contribution in [2.24, 2.45) is 0 Å². The molecule has 0 spiro atoms. The standard InChI is InChI=1S/C19H21N3O4S/c1-13-7-6-8-14(2)19(13)22(27(3,25)26)12-18(24)21-11-17(23)20-15-9-4-5-10-16(15)21/h4-10H,11-12H2,1-3H3,(H,20,23). The summed E-state index contributed by atoms with van der Waals surface area (Å²) in [5.74, 6) is -0.787. The SMILES string of the molecule is Cc1cccc(C)c1N(CC(=O)N1CC(=O)Nc2ccccc21)S(C)(=O)=O. The fourth-order valence-electron chi connectivity index (χ4n) is 3.23. The molecule has 0 radical (unpaired) electrons. The van der Waals surface area contributed by atoms with Gasteiger partial charge in [-0.2, -0.15) is 0 Å². The second-order valence-corrected chi connectivity index (χ2v) is 8.46. The largest absolute Gasteiger partial charge is 0.323 e. The molecule has 2 amide bonds. The van der Waals surface area contributed by atoms with Gasteiger partial charge in [0.2, 0.25) is 21.8 Å². The van der Waals surface area contributed by atoms with Gasteiger partial charge in [-0.1, -0.05) is 30.3 Å². The van der Waals surface area contributed by atoms with Crippen LogP contribution in [0.15, 0.2) is 42.5 Å². The van der Waals surface area contributed by atoms with Crippen LogP contribution >= 0.6 is 0 Å². The van der Waals surface area contributed by atoms with E-state index in [0.29, 0.717) is 17.1 Å². The Balaban J connectivity index is 1.99. The van der Waals surface area contributed by atoms with Crippen molar-refractivity contribution in [2.75, 3.05) is 33.9 Å². The number of hydrogen-bond donors (Lipinski definition) is 1. The zero-order valence-corrected chi connectivity index (χ0v) is 16.2. The van der Waals surface area contributed by atoms with Crippen molar-refractivity contribution < 1.29 is 18.0 Å². The average molecular weight is 387 g/mol. The molecule has 27 heavy (non-hydrogen) atoms. The van der Waals surface area contributed by atoms with E-state index in [4.69, 9.17) is 0 Å². The number of carbonyl (C=O) groups is 2. The number of benzene rings is 2. The summed E-state index contributed by atoms with van der Waals surface area (Å²) < 4.78 is 26.0. The highest BCUT2D eigenvalue weighted by molar-refractivity contribution is 7.92. The van der Waals surface area contributed by atoms with Crippen LogP contribution in [0.1, 0.15) is 11.1 Å². The van der Waals surface area contributed by atoms with E-state index in [2.05, 4.69) is 5.32 Å². The third-order valence-corrected chi connectivity index (χ3v) is 5.55. The highest BCUT2D eigenvalue weighted by atomic mass is 32.2. The first-order chi connectivity index (χ1) is 12.7. The first kappa shape index (κ1) is 18.9. The van der Waals surface area contributed by atoms with Gasteiger partial charge in [0.15, 0.2) is 0 Å². The molecule has 0 unspecified atom stereocenters. The molecule has 142 valence electrons. The molecule has 0 fully saturated rings. The molecule has 1 aliphatic rings. The van der Waals surface area contributed by atoms with Crippen LogP contribution in [0.2, 0.25) is 0 Å². The highest BCUT2D eigenvalue weighted by Gasteiger charge is 2.31. The zero-order valence-electron chi connectivity index (χ0n) is 15.4. The summed E-state index contributed by atoms with van der Waals surface area (Å²) >= 11 is 0. The van der Waals surface area contributed by atoms with E-state index in [1.165, 1.54) is 4.90 Å². The lowest BCUT2D eigenvalue weighted by Crippen LogP contribution is -2.48. The maximum atomic E-state index is 13.0. The minimum Gasteiger partial charge on any atom is -0.323 e. The topological polar surface area (TPSA) is 86.8 Å². The van der Waals surface area contributed by atoms with Crippen molar-refractivity contribution >= 4 is 38.9 Å². The van der Waals surface area contributed by atoms with Crippen molar-refractivity contribution in [3.8, 4) is 0 Å². The fourth-order valence-corrected chi connectivity index (χ4v) is 4.19. The summed E-state index contributed by atoms with van der Waals surface area (Å²) in [5.41, 5.74) is 3.08. The van der Waals surface area contributed by atoms with E-state index >= 15 is 0 Å². The van der Waals surface area contributed by atoms with E-state index in [1.807, 2.05) is 6.07 Å². The molecule has 2 aromatic carbocycles. The van der Waals surface area contributed by atoms with Crippen LogP contribution in [-0.4, -0.2) is 39.6 Å². The van der Waals surface area contributed by atoms with Gasteiger partial charge < -0.3 is 5.32 Å². The Hall–Kier alpha value is -2.87. The van der Waals surface area contributed by atoms with Gasteiger partial charge in [0, 0.05) is 0 Å². The molecular weight excluding hydrogens is 366 g/mol. The number of nitrogens with one attached hydrogen (secondary N) is 1. The van der Waals surface area contributed by atoms with Gasteiger partial charge in [-0.3, -0.25) is 18.8 Å². The summed E-state index contributed by atoms with van der Waals surface area (Å²) in [4.78, 5) is 26.3. The molecule has 1 heterocycles. The van der Waals surface area contributed by atoms with Crippen molar-refractivity contribution in [1.29, 1.82) is 0 Å². The highest BCUT2D eigenvalue weighted by Crippen LogP contribution is 2.31. The Bertz CT molecular complexity index is 997. The molecule has 7 nitrogen and oxygen atoms in total. The molecule has 0 bridgehead atoms. The number of fused-ring (bicyclic) bond motifs is 1. The van der Waals surface area contributed by atoms with Crippen molar-refractivity contribution in [3.05, 3.63) is 53.6 Å². The molecule has 3 rings (SSSR count). The summed E-state index contributed by atoms with van der Waals surface area (Å²) in [6.07, 6.45) is 1.07. The molecule has 1 N–H and O–H groups in total. The molecule has 0 saturated carbocycles. The van der Waals surface area contributed by atoms with Gasteiger partial charge in [-0.25, -0.2) is 8.42 Å². The van der Waals surface area contributed by atoms with Gasteiger partial charge in [-0.15, -0.1) is 0 Å². The van der Waals surface area contributed by atoms with Crippen LogP contribution in [-0.2, 0) is 19.6 Å². The number of sulfonamides is 1. The quantitative estimate of drug-likeness (QED) is 0.870. The summed E-state index contributed by atoms with van der Waals surface area (Å²) in [5, 5.41) is 2.71. The zero-order chi connectivity index (χ0) is 19.8. The van der Waals surface area contributed by atoms with E-state index in [0.717, 1.165) is 21.7 Å². The Kier molecular flexibility index (Phi) is 4.93. The van der Waals surface area contributed by atoms with E-state index in [-0.39, 0.29) is 19.0 Å². The number of hydrogen-bond acceptors (Lipinski definition) is 4. The number of carbonyl (C=O) groups excluding carboxylic acids is 2. The second-order valence-electron chi connectivity index (χ2n) is 6.56. The molecule has 0 saturated heterocycles. The number of anilines is 3. The van der Waals surface area contributed by atoms with Gasteiger partial charge in [-0.05, 0) is 37.1 Å². The number of aryl methyl sites for hydroxylation is 2. The van der Waals surface area contributed by atoms with Crippen molar-refractivity contribution in [3.63, 3.8) is 0 Å².